The van der Waals surface area contributed by atoms with Crippen molar-refractivity contribution in [1.29, 1.82) is 0 Å². The molecule has 20 heavy (non-hydrogen) atoms. The molecule has 3 aliphatic rings. The molecule has 4 atom stereocenters. The van der Waals surface area contributed by atoms with Crippen molar-refractivity contribution in [3.8, 4) is 0 Å². The summed E-state index contributed by atoms with van der Waals surface area (Å²) in [5, 5.41) is 5.06. The Morgan fingerprint density at radius 2 is 1.85 bits per heavy atom. The SMILES string of the molecule is O=C1[C@@H]2[C@H](C(=O)N1/N=C\c1ccc(I)o1)[C@H]1C=C[C@@H]2C1. The number of halogens is 1. The van der Waals surface area contributed by atoms with E-state index in [9.17, 15) is 9.59 Å². The number of hydrazone groups is 1. The quantitative estimate of drug-likeness (QED) is 0.340. The zero-order valence-electron chi connectivity index (χ0n) is 10.4. The smallest absolute Gasteiger partial charge is 0.254 e. The molecular formula is C14H11IN2O3. The van der Waals surface area contributed by atoms with E-state index >= 15 is 0 Å². The van der Waals surface area contributed by atoms with Crippen LogP contribution in [0.4, 0.5) is 0 Å². The molecule has 102 valence electrons. The van der Waals surface area contributed by atoms with Crippen LogP contribution >= 0.6 is 22.6 Å². The van der Waals surface area contributed by atoms with Gasteiger partial charge in [-0.25, -0.2) is 0 Å². The molecule has 1 aromatic rings. The number of furan rings is 1. The van der Waals surface area contributed by atoms with E-state index in [1.807, 2.05) is 22.6 Å². The molecule has 1 aliphatic heterocycles. The van der Waals surface area contributed by atoms with Crippen molar-refractivity contribution in [2.24, 2.45) is 28.8 Å². The normalized spacial score (nSPS) is 34.8. The van der Waals surface area contributed by atoms with Gasteiger partial charge in [0, 0.05) is 0 Å². The standard InChI is InChI=1S/C14H11IN2O3/c15-10-4-3-9(20-10)6-16-17-13(18)11-7-1-2-8(5-7)12(11)14(17)19/h1-4,6-8,11-12H,5H2/b16-6-/t7-,8+,11+,12-. The summed E-state index contributed by atoms with van der Waals surface area (Å²) in [5.74, 6) is 0.215. The Bertz CT molecular complexity index is 633. The van der Waals surface area contributed by atoms with Gasteiger partial charge in [0.15, 0.2) is 3.77 Å². The van der Waals surface area contributed by atoms with Crippen LogP contribution in [0.2, 0.25) is 0 Å². The Labute approximate surface area is 128 Å². The first-order chi connectivity index (χ1) is 9.65. The number of hydrogen-bond donors (Lipinski definition) is 0. The van der Waals surface area contributed by atoms with Crippen molar-refractivity contribution in [2.75, 3.05) is 0 Å². The Kier molecular flexibility index (Phi) is 2.63. The maximum absolute atomic E-state index is 12.3. The number of fused-ring (bicyclic) bond motifs is 5. The molecule has 0 N–H and O–H groups in total. The van der Waals surface area contributed by atoms with Gasteiger partial charge >= 0.3 is 0 Å². The summed E-state index contributed by atoms with van der Waals surface area (Å²) < 4.78 is 6.08. The topological polar surface area (TPSA) is 62.9 Å². The lowest BCUT2D eigenvalue weighted by atomic mass is 9.85. The van der Waals surface area contributed by atoms with Gasteiger partial charge in [0.05, 0.1) is 18.1 Å². The van der Waals surface area contributed by atoms with Crippen molar-refractivity contribution in [2.45, 2.75) is 6.42 Å². The highest BCUT2D eigenvalue weighted by molar-refractivity contribution is 14.1. The second-order valence-corrected chi connectivity index (χ2v) is 6.44. The minimum absolute atomic E-state index is 0.172. The second-order valence-electron chi connectivity index (χ2n) is 5.37. The summed E-state index contributed by atoms with van der Waals surface area (Å²) in [7, 11) is 0. The van der Waals surface area contributed by atoms with E-state index in [1.54, 1.807) is 12.1 Å². The Balaban J connectivity index is 1.60. The molecule has 2 bridgehead atoms. The lowest BCUT2D eigenvalue weighted by Crippen LogP contribution is -2.28. The van der Waals surface area contributed by atoms with Crippen molar-refractivity contribution < 1.29 is 14.0 Å². The molecule has 0 unspecified atom stereocenters. The highest BCUT2D eigenvalue weighted by atomic mass is 127. The summed E-state index contributed by atoms with van der Waals surface area (Å²) in [6, 6.07) is 3.55. The van der Waals surface area contributed by atoms with Crippen molar-refractivity contribution in [3.05, 3.63) is 33.8 Å². The Morgan fingerprint density at radius 3 is 2.40 bits per heavy atom. The zero-order chi connectivity index (χ0) is 13.9. The van der Waals surface area contributed by atoms with Crippen molar-refractivity contribution >= 4 is 40.6 Å². The number of allylic oxidation sites excluding steroid dienone is 2. The molecule has 2 heterocycles. The molecule has 1 saturated carbocycles. The lowest BCUT2D eigenvalue weighted by molar-refractivity contribution is -0.140. The predicted octanol–water partition coefficient (Wildman–Crippen LogP) is 2.03. The van der Waals surface area contributed by atoms with E-state index in [2.05, 4.69) is 17.3 Å². The van der Waals surface area contributed by atoms with Gasteiger partial charge in [0.25, 0.3) is 11.8 Å². The molecule has 1 saturated heterocycles. The van der Waals surface area contributed by atoms with Crippen LogP contribution in [0.3, 0.4) is 0 Å². The number of hydrogen-bond acceptors (Lipinski definition) is 4. The van der Waals surface area contributed by atoms with Crippen LogP contribution in [-0.4, -0.2) is 23.0 Å². The molecular weight excluding hydrogens is 371 g/mol. The highest BCUT2D eigenvalue weighted by Gasteiger charge is 2.59. The first kappa shape index (κ1) is 12.3. The number of imide groups is 1. The average Bonchev–Trinajstić information content (AvgIpc) is 3.15. The fourth-order valence-corrected chi connectivity index (χ4v) is 3.95. The van der Waals surface area contributed by atoms with Gasteiger partial charge in [-0.15, -0.1) is 0 Å². The monoisotopic (exact) mass is 382 g/mol. The average molecular weight is 382 g/mol. The summed E-state index contributed by atoms with van der Waals surface area (Å²) in [5.41, 5.74) is 0. The maximum atomic E-state index is 12.3. The van der Waals surface area contributed by atoms with E-state index < -0.39 is 0 Å². The third kappa shape index (κ3) is 1.63. The largest absolute Gasteiger partial charge is 0.449 e. The minimum atomic E-state index is -0.202. The van der Waals surface area contributed by atoms with Crippen molar-refractivity contribution in [3.63, 3.8) is 0 Å². The van der Waals surface area contributed by atoms with Crippen LogP contribution in [0.1, 0.15) is 12.2 Å². The van der Waals surface area contributed by atoms with Crippen LogP contribution in [0.15, 0.2) is 33.8 Å². The number of rotatable bonds is 2. The molecule has 0 radical (unpaired) electrons. The lowest BCUT2D eigenvalue weighted by Gasteiger charge is -2.13. The molecule has 4 rings (SSSR count). The van der Waals surface area contributed by atoms with Gasteiger partial charge in [-0.05, 0) is 53.0 Å². The number of nitrogens with zero attached hydrogens (tertiary/aromatic N) is 2. The molecule has 0 aromatic carbocycles. The van der Waals surface area contributed by atoms with E-state index in [0.717, 1.165) is 15.2 Å². The van der Waals surface area contributed by atoms with E-state index in [4.69, 9.17) is 4.42 Å². The second kappa shape index (κ2) is 4.28. The summed E-state index contributed by atoms with van der Waals surface area (Å²) >= 11 is 2.05. The van der Waals surface area contributed by atoms with Crippen LogP contribution < -0.4 is 0 Å². The third-order valence-electron chi connectivity index (χ3n) is 4.34. The molecule has 2 fully saturated rings. The Hall–Kier alpha value is -1.44. The van der Waals surface area contributed by atoms with E-state index in [-0.39, 0.29) is 35.5 Å². The van der Waals surface area contributed by atoms with E-state index in [1.165, 1.54) is 6.21 Å². The molecule has 2 amide bonds. The number of carbonyl (C=O) groups is 2. The highest BCUT2D eigenvalue weighted by Crippen LogP contribution is 2.52. The van der Waals surface area contributed by atoms with Crippen LogP contribution in [0, 0.1) is 27.4 Å². The van der Waals surface area contributed by atoms with Gasteiger partial charge in [-0.1, -0.05) is 12.2 Å². The molecule has 6 heteroatoms. The fourth-order valence-electron chi connectivity index (χ4n) is 3.51. The maximum Gasteiger partial charge on any atom is 0.254 e. The minimum Gasteiger partial charge on any atom is -0.449 e. The summed E-state index contributed by atoms with van der Waals surface area (Å²) in [6.07, 6.45) is 6.49. The van der Waals surface area contributed by atoms with Gasteiger partial charge < -0.3 is 4.42 Å². The van der Waals surface area contributed by atoms with Crippen LogP contribution in [0.25, 0.3) is 0 Å². The molecule has 1 aromatic heterocycles. The molecule has 0 spiro atoms. The van der Waals surface area contributed by atoms with Gasteiger partial charge in [-0.2, -0.15) is 10.1 Å². The zero-order valence-corrected chi connectivity index (χ0v) is 12.6. The molecule has 2 aliphatic carbocycles. The summed E-state index contributed by atoms with van der Waals surface area (Å²) in [4.78, 5) is 24.7. The Morgan fingerprint density at radius 1 is 1.20 bits per heavy atom. The number of amides is 2. The number of carbonyl (C=O) groups excluding carboxylic acids is 2. The van der Waals surface area contributed by atoms with Crippen molar-refractivity contribution in [1.82, 2.24) is 5.01 Å². The fraction of sp³-hybridized carbons (Fsp3) is 0.357. The summed E-state index contributed by atoms with van der Waals surface area (Å²) in [6.45, 7) is 0. The third-order valence-corrected chi connectivity index (χ3v) is 4.92. The van der Waals surface area contributed by atoms with Crippen LogP contribution in [0.5, 0.6) is 0 Å². The first-order valence-electron chi connectivity index (χ1n) is 6.50. The van der Waals surface area contributed by atoms with E-state index in [0.29, 0.717) is 5.76 Å². The molecule has 5 nitrogen and oxygen atoms in total. The predicted molar refractivity (Wildman–Crippen MR) is 78.6 cm³/mol. The first-order valence-corrected chi connectivity index (χ1v) is 7.58. The van der Waals surface area contributed by atoms with Crippen LogP contribution in [-0.2, 0) is 9.59 Å². The van der Waals surface area contributed by atoms with Gasteiger partial charge in [-0.3, -0.25) is 9.59 Å². The van der Waals surface area contributed by atoms with Gasteiger partial charge in [0.2, 0.25) is 0 Å². The van der Waals surface area contributed by atoms with Gasteiger partial charge in [0.1, 0.15) is 5.76 Å².